The van der Waals surface area contributed by atoms with Crippen molar-refractivity contribution in [1.29, 1.82) is 0 Å². The first-order valence-corrected chi connectivity index (χ1v) is 10.8. The van der Waals surface area contributed by atoms with Crippen LogP contribution in [0, 0.1) is 19.7 Å². The van der Waals surface area contributed by atoms with E-state index in [1.165, 1.54) is 34.3 Å². The van der Waals surface area contributed by atoms with E-state index in [2.05, 4.69) is 25.6 Å². The van der Waals surface area contributed by atoms with Gasteiger partial charge < -0.3 is 10.1 Å². The average molecular weight is 460 g/mol. The van der Waals surface area contributed by atoms with Crippen molar-refractivity contribution in [1.82, 2.24) is 24.8 Å². The predicted molar refractivity (Wildman–Crippen MR) is 122 cm³/mol. The van der Waals surface area contributed by atoms with Crippen molar-refractivity contribution in [3.05, 3.63) is 83.0 Å². The largest absolute Gasteiger partial charge is 0.450 e. The van der Waals surface area contributed by atoms with Crippen molar-refractivity contribution >= 4 is 28.6 Å². The monoisotopic (exact) mass is 460 g/mol. The molecule has 0 spiro atoms. The summed E-state index contributed by atoms with van der Waals surface area (Å²) in [6, 6.07) is 15.5. The summed E-state index contributed by atoms with van der Waals surface area (Å²) < 4.78 is 22.0. The fourth-order valence-electron chi connectivity index (χ4n) is 3.27. The van der Waals surface area contributed by atoms with Crippen LogP contribution in [0.3, 0.4) is 0 Å². The number of anilines is 1. The van der Waals surface area contributed by atoms with Gasteiger partial charge in [0, 0.05) is 23.4 Å². The molecule has 8 nitrogen and oxygen atoms in total. The van der Waals surface area contributed by atoms with E-state index in [1.54, 1.807) is 26.0 Å². The van der Waals surface area contributed by atoms with Gasteiger partial charge in [-0.15, -0.1) is 21.5 Å². The van der Waals surface area contributed by atoms with Gasteiger partial charge in [-0.05, 0) is 26.0 Å². The zero-order valence-electron chi connectivity index (χ0n) is 17.6. The molecule has 5 aromatic rings. The fraction of sp³-hybridized carbons (Fsp3) is 0.0870. The maximum atomic E-state index is 14.8. The number of carbonyl (C=O) groups excluding carboxylic acids is 1. The van der Waals surface area contributed by atoms with E-state index in [-0.39, 0.29) is 11.7 Å². The third-order valence-corrected chi connectivity index (χ3v) is 5.99. The lowest BCUT2D eigenvalue weighted by Crippen LogP contribution is -2.11. The zero-order chi connectivity index (χ0) is 22.9. The van der Waals surface area contributed by atoms with Gasteiger partial charge in [0.2, 0.25) is 5.65 Å². The van der Waals surface area contributed by atoms with Crippen LogP contribution in [0.1, 0.15) is 21.1 Å². The van der Waals surface area contributed by atoms with Gasteiger partial charge in [-0.1, -0.05) is 30.3 Å². The molecule has 5 rings (SSSR count). The number of rotatable bonds is 5. The quantitative estimate of drug-likeness (QED) is 0.395. The molecule has 0 unspecified atom stereocenters. The molecule has 0 radical (unpaired) electrons. The third kappa shape index (κ3) is 4.15. The van der Waals surface area contributed by atoms with Gasteiger partial charge in [-0.2, -0.15) is 9.61 Å². The van der Waals surface area contributed by atoms with E-state index in [1.807, 2.05) is 30.3 Å². The maximum Gasteiger partial charge on any atom is 0.267 e. The van der Waals surface area contributed by atoms with E-state index in [0.29, 0.717) is 33.3 Å². The highest BCUT2D eigenvalue weighted by Gasteiger charge is 2.18. The molecule has 3 heterocycles. The number of hydrogen-bond acceptors (Lipinski definition) is 7. The standard InChI is InChI=1S/C23H17FN6O2S/c1-13-10-19(21-28-25-12-30(21)29-13)32-18-9-8-16(11-17(18)24)27-22(31)20-14(2)26-23(33-20)15-6-4-3-5-7-15/h3-12H,1-2H3,(H,27,31). The summed E-state index contributed by atoms with van der Waals surface area (Å²) in [5.74, 6) is -0.672. The van der Waals surface area contributed by atoms with Gasteiger partial charge in [-0.3, -0.25) is 4.79 Å². The number of benzene rings is 2. The number of nitrogens with one attached hydrogen (secondary N) is 1. The van der Waals surface area contributed by atoms with E-state index in [4.69, 9.17) is 4.74 Å². The smallest absolute Gasteiger partial charge is 0.267 e. The summed E-state index contributed by atoms with van der Waals surface area (Å²) in [5, 5.41) is 15.5. The molecule has 3 aromatic heterocycles. The van der Waals surface area contributed by atoms with Crippen LogP contribution in [-0.4, -0.2) is 30.7 Å². The molecule has 1 amide bonds. The van der Waals surface area contributed by atoms with Gasteiger partial charge in [0.05, 0.1) is 11.4 Å². The molecule has 164 valence electrons. The SMILES string of the molecule is Cc1cc(Oc2ccc(NC(=O)c3sc(-c4ccccc4)nc3C)cc2F)c2nncn2n1. The Morgan fingerprint density at radius 2 is 1.91 bits per heavy atom. The Labute approximate surface area is 191 Å². The highest BCUT2D eigenvalue weighted by molar-refractivity contribution is 7.17. The van der Waals surface area contributed by atoms with Crippen LogP contribution in [-0.2, 0) is 0 Å². The van der Waals surface area contributed by atoms with Crippen molar-refractivity contribution < 1.29 is 13.9 Å². The Bertz CT molecular complexity index is 1480. The molecule has 1 N–H and O–H groups in total. The minimum Gasteiger partial charge on any atom is -0.450 e. The first-order chi connectivity index (χ1) is 16.0. The second-order valence-electron chi connectivity index (χ2n) is 7.25. The zero-order valence-corrected chi connectivity index (χ0v) is 18.4. The maximum absolute atomic E-state index is 14.8. The average Bonchev–Trinajstić information content (AvgIpc) is 3.43. The third-order valence-electron chi connectivity index (χ3n) is 4.79. The molecule has 0 aliphatic rings. The highest BCUT2D eigenvalue weighted by Crippen LogP contribution is 2.31. The lowest BCUT2D eigenvalue weighted by molar-refractivity contribution is 0.103. The Hall–Kier alpha value is -4.18. The van der Waals surface area contributed by atoms with Crippen LogP contribution in [0.5, 0.6) is 11.5 Å². The topological polar surface area (TPSA) is 94.3 Å². The molecule has 0 bridgehead atoms. The summed E-state index contributed by atoms with van der Waals surface area (Å²) in [6.07, 6.45) is 1.44. The first-order valence-electron chi connectivity index (χ1n) is 9.97. The normalized spacial score (nSPS) is 11.0. The van der Waals surface area contributed by atoms with Crippen molar-refractivity contribution in [2.75, 3.05) is 5.32 Å². The summed E-state index contributed by atoms with van der Waals surface area (Å²) >= 11 is 1.29. The molecule has 10 heteroatoms. The van der Waals surface area contributed by atoms with Crippen LogP contribution in [0.25, 0.3) is 16.2 Å². The summed E-state index contributed by atoms with van der Waals surface area (Å²) in [4.78, 5) is 17.8. The minimum absolute atomic E-state index is 0.0103. The van der Waals surface area contributed by atoms with Crippen LogP contribution < -0.4 is 10.1 Å². The number of aryl methyl sites for hydroxylation is 2. The molecule has 0 saturated carbocycles. The second kappa shape index (κ2) is 8.40. The number of nitrogens with zero attached hydrogens (tertiary/aromatic N) is 5. The number of hydrogen-bond donors (Lipinski definition) is 1. The molecule has 0 aliphatic carbocycles. The molecule has 0 fully saturated rings. The molecule has 33 heavy (non-hydrogen) atoms. The van der Waals surface area contributed by atoms with Gasteiger partial charge >= 0.3 is 0 Å². The molecular weight excluding hydrogens is 443 g/mol. The Balaban J connectivity index is 1.35. The number of ether oxygens (including phenoxy) is 1. The van der Waals surface area contributed by atoms with E-state index < -0.39 is 5.82 Å². The lowest BCUT2D eigenvalue weighted by Gasteiger charge is -2.10. The predicted octanol–water partition coefficient (Wildman–Crippen LogP) is 5.05. The van der Waals surface area contributed by atoms with Gasteiger partial charge in [0.15, 0.2) is 17.3 Å². The number of carbonyl (C=O) groups is 1. The number of aromatic nitrogens is 5. The number of halogens is 1. The summed E-state index contributed by atoms with van der Waals surface area (Å²) in [6.45, 7) is 3.56. The first kappa shape index (κ1) is 20.7. The Morgan fingerprint density at radius 1 is 1.09 bits per heavy atom. The molecule has 2 aromatic carbocycles. The number of amides is 1. The molecule has 0 aliphatic heterocycles. The number of fused-ring (bicyclic) bond motifs is 1. The van der Waals surface area contributed by atoms with Crippen LogP contribution in [0.4, 0.5) is 10.1 Å². The van der Waals surface area contributed by atoms with Crippen molar-refractivity contribution in [2.45, 2.75) is 13.8 Å². The van der Waals surface area contributed by atoms with Gasteiger partial charge in [0.25, 0.3) is 5.91 Å². The highest BCUT2D eigenvalue weighted by atomic mass is 32.1. The van der Waals surface area contributed by atoms with Gasteiger partial charge in [-0.25, -0.2) is 9.37 Å². The second-order valence-corrected chi connectivity index (χ2v) is 8.25. The van der Waals surface area contributed by atoms with Crippen molar-refractivity contribution in [3.63, 3.8) is 0 Å². The van der Waals surface area contributed by atoms with Crippen LogP contribution in [0.2, 0.25) is 0 Å². The van der Waals surface area contributed by atoms with Crippen molar-refractivity contribution in [3.8, 4) is 22.1 Å². The van der Waals surface area contributed by atoms with E-state index >= 15 is 0 Å². The molecule has 0 saturated heterocycles. The van der Waals surface area contributed by atoms with Gasteiger partial charge in [0.1, 0.15) is 16.2 Å². The van der Waals surface area contributed by atoms with Crippen LogP contribution >= 0.6 is 11.3 Å². The Morgan fingerprint density at radius 3 is 2.70 bits per heavy atom. The molecular formula is C23H17FN6O2S. The van der Waals surface area contributed by atoms with E-state index in [0.717, 1.165) is 10.6 Å². The summed E-state index contributed by atoms with van der Waals surface area (Å²) in [5.41, 5.74) is 2.88. The minimum atomic E-state index is -0.633. The molecule has 0 atom stereocenters. The van der Waals surface area contributed by atoms with E-state index in [9.17, 15) is 9.18 Å². The lowest BCUT2D eigenvalue weighted by atomic mass is 10.2. The summed E-state index contributed by atoms with van der Waals surface area (Å²) in [7, 11) is 0. The number of thiazole rings is 1. The van der Waals surface area contributed by atoms with Crippen LogP contribution in [0.15, 0.2) is 60.9 Å². The van der Waals surface area contributed by atoms with Crippen molar-refractivity contribution in [2.24, 2.45) is 0 Å². The Kier molecular flexibility index (Phi) is 5.27. The fourth-order valence-corrected chi connectivity index (χ4v) is 4.24.